The van der Waals surface area contributed by atoms with Crippen LogP contribution in [-0.4, -0.2) is 25.5 Å². The third kappa shape index (κ3) is 2.41. The zero-order valence-electron chi connectivity index (χ0n) is 12.6. The van der Waals surface area contributed by atoms with Crippen LogP contribution in [0, 0.1) is 6.92 Å². The molecule has 0 saturated heterocycles. The molecule has 1 aliphatic rings. The minimum absolute atomic E-state index is 0.00969. The first-order valence-corrected chi connectivity index (χ1v) is 8.07. The molecule has 0 saturated carbocycles. The van der Waals surface area contributed by atoms with E-state index in [4.69, 9.17) is 4.74 Å². The molecule has 0 bridgehead atoms. The number of carbonyl (C=O) groups is 2. The second-order valence-corrected chi connectivity index (χ2v) is 6.20. The number of aryl methyl sites for hydroxylation is 1. The van der Waals surface area contributed by atoms with Crippen LogP contribution in [0.25, 0.3) is 0 Å². The summed E-state index contributed by atoms with van der Waals surface area (Å²) in [6, 6.07) is 7.42. The minimum Gasteiger partial charge on any atom is -0.465 e. The van der Waals surface area contributed by atoms with Crippen molar-refractivity contribution in [3.8, 4) is 0 Å². The van der Waals surface area contributed by atoms with E-state index in [2.05, 4.69) is 0 Å². The molecule has 1 aromatic carbocycles. The van der Waals surface area contributed by atoms with Gasteiger partial charge in [-0.2, -0.15) is 0 Å². The number of anilines is 1. The normalized spacial score (nSPS) is 13.6. The van der Waals surface area contributed by atoms with Crippen LogP contribution in [0.5, 0.6) is 0 Å². The molecule has 5 heteroatoms. The summed E-state index contributed by atoms with van der Waals surface area (Å²) in [7, 11) is 1.38. The van der Waals surface area contributed by atoms with Crippen LogP contribution >= 0.6 is 11.3 Å². The summed E-state index contributed by atoms with van der Waals surface area (Å²) < 4.78 is 4.85. The molecule has 22 heavy (non-hydrogen) atoms. The van der Waals surface area contributed by atoms with Gasteiger partial charge in [-0.1, -0.05) is 6.07 Å². The lowest BCUT2D eigenvalue weighted by Crippen LogP contribution is -2.36. The highest BCUT2D eigenvalue weighted by Crippen LogP contribution is 2.32. The molecular weight excluding hydrogens is 298 g/mol. The van der Waals surface area contributed by atoms with Crippen molar-refractivity contribution >= 4 is 28.9 Å². The number of methoxy groups -OCH3 is 1. The smallest absolute Gasteiger partial charge is 0.338 e. The van der Waals surface area contributed by atoms with E-state index in [0.29, 0.717) is 12.1 Å². The molecule has 0 unspecified atom stereocenters. The molecule has 2 aromatic rings. The van der Waals surface area contributed by atoms with E-state index < -0.39 is 0 Å². The van der Waals surface area contributed by atoms with E-state index in [1.54, 1.807) is 17.0 Å². The van der Waals surface area contributed by atoms with Gasteiger partial charge in [0.25, 0.3) is 5.91 Å². The number of hydrogen-bond donors (Lipinski definition) is 0. The summed E-state index contributed by atoms with van der Waals surface area (Å²) in [5, 5.41) is 1.93. The lowest BCUT2D eigenvalue weighted by Gasteiger charge is -2.30. The van der Waals surface area contributed by atoms with Crippen molar-refractivity contribution in [2.24, 2.45) is 0 Å². The van der Waals surface area contributed by atoms with E-state index in [1.165, 1.54) is 18.4 Å². The molecule has 0 atom stereocenters. The topological polar surface area (TPSA) is 46.6 Å². The van der Waals surface area contributed by atoms with Gasteiger partial charge in [0.05, 0.1) is 17.6 Å². The van der Waals surface area contributed by atoms with Gasteiger partial charge in [0.1, 0.15) is 0 Å². The average molecular weight is 315 g/mol. The molecule has 0 fully saturated rings. The summed E-state index contributed by atoms with van der Waals surface area (Å²) in [6.45, 7) is 2.62. The fourth-order valence-corrected chi connectivity index (χ4v) is 3.72. The van der Waals surface area contributed by atoms with Crippen molar-refractivity contribution in [2.75, 3.05) is 18.6 Å². The molecule has 4 nitrogen and oxygen atoms in total. The Morgan fingerprint density at radius 2 is 2.09 bits per heavy atom. The SMILES string of the molecule is COC(=O)c1cccc2c1CCCN2C(=O)c1sccc1C. The van der Waals surface area contributed by atoms with Crippen molar-refractivity contribution in [1.29, 1.82) is 0 Å². The number of fused-ring (bicyclic) bond motifs is 1. The first-order valence-electron chi connectivity index (χ1n) is 7.19. The maximum atomic E-state index is 12.8. The summed E-state index contributed by atoms with van der Waals surface area (Å²) in [6.07, 6.45) is 1.63. The Kier molecular flexibility index (Phi) is 3.98. The number of benzene rings is 1. The molecule has 1 amide bonds. The van der Waals surface area contributed by atoms with Gasteiger partial charge in [-0.3, -0.25) is 4.79 Å². The van der Waals surface area contributed by atoms with Crippen LogP contribution in [0.4, 0.5) is 5.69 Å². The molecule has 114 valence electrons. The van der Waals surface area contributed by atoms with Gasteiger partial charge in [0, 0.05) is 12.2 Å². The fourth-order valence-electron chi connectivity index (χ4n) is 2.85. The van der Waals surface area contributed by atoms with Crippen molar-refractivity contribution in [2.45, 2.75) is 19.8 Å². The van der Waals surface area contributed by atoms with Crippen molar-refractivity contribution < 1.29 is 14.3 Å². The van der Waals surface area contributed by atoms with E-state index in [-0.39, 0.29) is 11.9 Å². The molecule has 2 heterocycles. The number of ether oxygens (including phenoxy) is 1. The highest BCUT2D eigenvalue weighted by molar-refractivity contribution is 7.12. The van der Waals surface area contributed by atoms with E-state index in [0.717, 1.165) is 34.5 Å². The van der Waals surface area contributed by atoms with E-state index in [1.807, 2.05) is 24.4 Å². The van der Waals surface area contributed by atoms with Gasteiger partial charge >= 0.3 is 5.97 Å². The van der Waals surface area contributed by atoms with Gasteiger partial charge in [-0.05, 0) is 54.5 Å². The van der Waals surface area contributed by atoms with Crippen LogP contribution in [0.2, 0.25) is 0 Å². The van der Waals surface area contributed by atoms with Gasteiger partial charge < -0.3 is 9.64 Å². The zero-order valence-corrected chi connectivity index (χ0v) is 13.4. The lowest BCUT2D eigenvalue weighted by molar-refractivity contribution is 0.0599. The third-order valence-electron chi connectivity index (χ3n) is 3.96. The summed E-state index contributed by atoms with van der Waals surface area (Å²) in [5.74, 6) is -0.339. The minimum atomic E-state index is -0.349. The van der Waals surface area contributed by atoms with Crippen LogP contribution in [0.1, 0.15) is 37.6 Å². The molecule has 0 N–H and O–H groups in total. The number of hydrogen-bond acceptors (Lipinski definition) is 4. The number of carbonyl (C=O) groups excluding carboxylic acids is 2. The summed E-state index contributed by atoms with van der Waals surface area (Å²) >= 11 is 1.46. The van der Waals surface area contributed by atoms with Crippen LogP contribution in [0.3, 0.4) is 0 Å². The highest BCUT2D eigenvalue weighted by Gasteiger charge is 2.28. The summed E-state index contributed by atoms with van der Waals surface area (Å²) in [5.41, 5.74) is 3.28. The number of nitrogens with zero attached hydrogens (tertiary/aromatic N) is 1. The zero-order chi connectivity index (χ0) is 15.7. The molecule has 0 spiro atoms. The van der Waals surface area contributed by atoms with Crippen molar-refractivity contribution in [1.82, 2.24) is 0 Å². The molecule has 1 aromatic heterocycles. The van der Waals surface area contributed by atoms with Crippen LogP contribution < -0.4 is 4.90 Å². The Morgan fingerprint density at radius 1 is 1.27 bits per heavy atom. The van der Waals surface area contributed by atoms with Gasteiger partial charge in [0.2, 0.25) is 0 Å². The Bertz CT molecular complexity index is 735. The quantitative estimate of drug-likeness (QED) is 0.798. The molecule has 0 radical (unpaired) electrons. The first-order chi connectivity index (χ1) is 10.6. The Labute approximate surface area is 133 Å². The molecule has 1 aliphatic heterocycles. The highest BCUT2D eigenvalue weighted by atomic mass is 32.1. The second-order valence-electron chi connectivity index (χ2n) is 5.29. The van der Waals surface area contributed by atoms with E-state index >= 15 is 0 Å². The molecular formula is C17H17NO3S. The number of thiophene rings is 1. The van der Waals surface area contributed by atoms with Gasteiger partial charge in [-0.15, -0.1) is 11.3 Å². The first kappa shape index (κ1) is 14.8. The number of amides is 1. The Hall–Kier alpha value is -2.14. The van der Waals surface area contributed by atoms with Crippen molar-refractivity contribution in [3.05, 3.63) is 51.2 Å². The largest absolute Gasteiger partial charge is 0.465 e. The second kappa shape index (κ2) is 5.93. The Balaban J connectivity index is 2.04. The van der Waals surface area contributed by atoms with Gasteiger partial charge in [0.15, 0.2) is 0 Å². The fraction of sp³-hybridized carbons (Fsp3) is 0.294. The standard InChI is InChI=1S/C17H17NO3S/c1-11-8-10-22-15(11)16(19)18-9-4-6-12-13(17(20)21-2)5-3-7-14(12)18/h3,5,7-8,10H,4,6,9H2,1-2H3. The van der Waals surface area contributed by atoms with Crippen molar-refractivity contribution in [3.63, 3.8) is 0 Å². The third-order valence-corrected chi connectivity index (χ3v) is 4.96. The molecule has 0 aliphatic carbocycles. The Morgan fingerprint density at radius 3 is 2.77 bits per heavy atom. The van der Waals surface area contributed by atoms with Gasteiger partial charge in [-0.25, -0.2) is 4.79 Å². The maximum absolute atomic E-state index is 12.8. The monoisotopic (exact) mass is 315 g/mol. The van der Waals surface area contributed by atoms with Crippen LogP contribution in [-0.2, 0) is 11.2 Å². The predicted octanol–water partition coefficient (Wildman–Crippen LogP) is 3.44. The van der Waals surface area contributed by atoms with Crippen LogP contribution in [0.15, 0.2) is 29.6 Å². The molecule has 3 rings (SSSR count). The maximum Gasteiger partial charge on any atom is 0.338 e. The lowest BCUT2D eigenvalue weighted by atomic mass is 9.96. The number of rotatable bonds is 2. The number of esters is 1. The summed E-state index contributed by atoms with van der Waals surface area (Å²) in [4.78, 5) is 27.3. The van der Waals surface area contributed by atoms with E-state index in [9.17, 15) is 9.59 Å². The average Bonchev–Trinajstić information content (AvgIpc) is 2.98. The predicted molar refractivity (Wildman–Crippen MR) is 86.8 cm³/mol.